The van der Waals surface area contributed by atoms with Crippen molar-refractivity contribution in [1.82, 2.24) is 0 Å². The van der Waals surface area contributed by atoms with Gasteiger partial charge in [0, 0.05) is 15.3 Å². The van der Waals surface area contributed by atoms with Crippen molar-refractivity contribution in [3.8, 4) is 21.9 Å². The molecule has 0 atom stereocenters. The summed E-state index contributed by atoms with van der Waals surface area (Å²) in [6.45, 7) is 3.07. The van der Waals surface area contributed by atoms with Gasteiger partial charge in [0.2, 0.25) is 0 Å². The maximum Gasteiger partial charge on any atom is 0.419 e. The minimum Gasteiger partial charge on any atom is -0.488 e. The highest BCUT2D eigenvalue weighted by atomic mass is 32.1. The van der Waals surface area contributed by atoms with Crippen LogP contribution in [0.2, 0.25) is 0 Å². The molecule has 2 aromatic carbocycles. The van der Waals surface area contributed by atoms with E-state index in [2.05, 4.69) is 0 Å². The molecule has 1 heterocycles. The Labute approximate surface area is 183 Å². The van der Waals surface area contributed by atoms with Crippen molar-refractivity contribution in [2.45, 2.75) is 26.6 Å². The minimum absolute atomic E-state index is 0.0933. The molecule has 0 aliphatic heterocycles. The first-order valence-corrected chi connectivity index (χ1v) is 10.0. The molecular weight excluding hydrogens is 455 g/mol. The van der Waals surface area contributed by atoms with Crippen LogP contribution in [0, 0.1) is 25.5 Å². The van der Waals surface area contributed by atoms with Gasteiger partial charge in [-0.15, -0.1) is 11.3 Å². The van der Waals surface area contributed by atoms with E-state index in [-0.39, 0.29) is 17.0 Å². The Morgan fingerprint density at radius 2 is 1.72 bits per heavy atom. The van der Waals surface area contributed by atoms with Crippen LogP contribution in [-0.2, 0) is 17.6 Å². The number of rotatable bonds is 7. The van der Waals surface area contributed by atoms with E-state index < -0.39 is 36.0 Å². The van der Waals surface area contributed by atoms with Gasteiger partial charge in [-0.3, -0.25) is 0 Å². The van der Waals surface area contributed by atoms with Gasteiger partial charge in [-0.25, -0.2) is 13.6 Å². The van der Waals surface area contributed by atoms with Crippen LogP contribution in [0.5, 0.6) is 11.5 Å². The Morgan fingerprint density at radius 1 is 1.00 bits per heavy atom. The highest BCUT2D eigenvalue weighted by molar-refractivity contribution is 7.15. The fourth-order valence-electron chi connectivity index (χ4n) is 2.92. The first-order valence-electron chi connectivity index (χ1n) is 9.20. The zero-order valence-corrected chi connectivity index (χ0v) is 17.7. The molecule has 0 fully saturated rings. The van der Waals surface area contributed by atoms with Crippen molar-refractivity contribution in [1.29, 1.82) is 0 Å². The van der Waals surface area contributed by atoms with E-state index in [9.17, 15) is 26.7 Å². The molecule has 3 aromatic rings. The number of carboxylic acids is 1. The number of halogens is 5. The van der Waals surface area contributed by atoms with Gasteiger partial charge >= 0.3 is 12.1 Å². The zero-order chi connectivity index (χ0) is 23.6. The van der Waals surface area contributed by atoms with Gasteiger partial charge in [0.1, 0.15) is 18.1 Å². The normalized spacial score (nSPS) is 11.5. The van der Waals surface area contributed by atoms with Crippen LogP contribution in [-0.4, -0.2) is 17.7 Å². The first-order chi connectivity index (χ1) is 15.0. The quantitative estimate of drug-likeness (QED) is 0.406. The lowest BCUT2D eigenvalue weighted by Gasteiger charge is -2.11. The Morgan fingerprint density at radius 3 is 2.34 bits per heavy atom. The molecule has 0 aliphatic carbocycles. The van der Waals surface area contributed by atoms with Crippen LogP contribution in [0.3, 0.4) is 0 Å². The molecule has 0 amide bonds. The summed E-state index contributed by atoms with van der Waals surface area (Å²) in [6.07, 6.45) is -4.99. The van der Waals surface area contributed by atoms with Gasteiger partial charge in [-0.05, 0) is 61.4 Å². The summed E-state index contributed by atoms with van der Waals surface area (Å²) in [5.74, 6) is -3.71. The molecule has 1 aromatic heterocycles. The largest absolute Gasteiger partial charge is 0.488 e. The van der Waals surface area contributed by atoms with Gasteiger partial charge in [-0.2, -0.15) is 13.2 Å². The van der Waals surface area contributed by atoms with E-state index in [1.165, 1.54) is 0 Å². The molecule has 0 saturated carbocycles. The average Bonchev–Trinajstić information content (AvgIpc) is 3.06. The predicted molar refractivity (Wildman–Crippen MR) is 108 cm³/mol. The molecule has 0 bridgehead atoms. The van der Waals surface area contributed by atoms with E-state index in [0.29, 0.717) is 33.6 Å². The number of aliphatic carboxylic acids is 1. The Hall–Kier alpha value is -3.14. The van der Waals surface area contributed by atoms with Gasteiger partial charge in [-0.1, -0.05) is 0 Å². The number of hydrogen-bond acceptors (Lipinski definition) is 4. The van der Waals surface area contributed by atoms with Gasteiger partial charge in [0.15, 0.2) is 18.2 Å². The molecule has 0 saturated heterocycles. The summed E-state index contributed by atoms with van der Waals surface area (Å²) in [5, 5.41) is 8.68. The van der Waals surface area contributed by atoms with Crippen LogP contribution in [0.25, 0.3) is 10.4 Å². The Bertz CT molecular complexity index is 1150. The van der Waals surface area contributed by atoms with Crippen molar-refractivity contribution in [2.75, 3.05) is 6.61 Å². The minimum atomic E-state index is -4.99. The third-order valence-corrected chi connectivity index (χ3v) is 5.79. The van der Waals surface area contributed by atoms with Crippen molar-refractivity contribution in [2.24, 2.45) is 0 Å². The Balaban J connectivity index is 1.76. The maximum atomic E-state index is 14.3. The topological polar surface area (TPSA) is 55.8 Å². The summed E-state index contributed by atoms with van der Waals surface area (Å²) < 4.78 is 77.4. The number of hydrogen-bond donors (Lipinski definition) is 1. The van der Waals surface area contributed by atoms with Crippen molar-refractivity contribution < 1.29 is 41.3 Å². The predicted octanol–water partition coefficient (Wildman–Crippen LogP) is 6.37. The number of alkyl halides is 3. The van der Waals surface area contributed by atoms with Gasteiger partial charge in [0.25, 0.3) is 0 Å². The number of carbonyl (C=O) groups is 1. The number of thiophene rings is 1. The van der Waals surface area contributed by atoms with Crippen LogP contribution >= 0.6 is 11.3 Å². The average molecular weight is 472 g/mol. The van der Waals surface area contributed by atoms with Crippen LogP contribution in [0.1, 0.15) is 21.6 Å². The molecule has 32 heavy (non-hydrogen) atoms. The maximum absolute atomic E-state index is 14.3. The standard InChI is InChI=1S/C22H17F5O4S/c1-11-7-13(3-6-16(11)31-10-19(28)29)30-9-18-12(2)8-17(32-18)14-4-5-15(22(25,26)27)21(24)20(14)23/h3-8H,9-10H2,1-2H3,(H,28,29). The smallest absolute Gasteiger partial charge is 0.419 e. The summed E-state index contributed by atoms with van der Waals surface area (Å²) in [6, 6.07) is 7.82. The summed E-state index contributed by atoms with van der Waals surface area (Å²) in [4.78, 5) is 11.6. The number of aryl methyl sites for hydroxylation is 2. The number of carboxylic acid groups (broad SMARTS) is 1. The summed E-state index contributed by atoms with van der Waals surface area (Å²) in [5.41, 5.74) is -0.537. The number of benzene rings is 2. The van der Waals surface area contributed by atoms with Crippen molar-refractivity contribution in [3.63, 3.8) is 0 Å². The molecule has 10 heteroatoms. The van der Waals surface area contributed by atoms with Crippen molar-refractivity contribution >= 4 is 17.3 Å². The third-order valence-electron chi connectivity index (χ3n) is 4.54. The second-order valence-corrected chi connectivity index (χ2v) is 8.04. The fraction of sp³-hybridized carbons (Fsp3) is 0.227. The highest BCUT2D eigenvalue weighted by Gasteiger charge is 2.36. The third kappa shape index (κ3) is 5.18. The lowest BCUT2D eigenvalue weighted by Crippen LogP contribution is -2.10. The monoisotopic (exact) mass is 472 g/mol. The van der Waals surface area contributed by atoms with E-state index in [1.807, 2.05) is 0 Å². The lowest BCUT2D eigenvalue weighted by molar-refractivity contribution is -0.140. The lowest BCUT2D eigenvalue weighted by atomic mass is 10.1. The molecule has 4 nitrogen and oxygen atoms in total. The second kappa shape index (κ2) is 9.15. The van der Waals surface area contributed by atoms with E-state index in [0.717, 1.165) is 17.4 Å². The van der Waals surface area contributed by atoms with Crippen LogP contribution in [0.4, 0.5) is 22.0 Å². The molecule has 3 rings (SSSR count). The van der Waals surface area contributed by atoms with Crippen molar-refractivity contribution in [3.05, 3.63) is 69.6 Å². The Kier molecular flexibility index (Phi) is 6.73. The van der Waals surface area contributed by atoms with Crippen LogP contribution < -0.4 is 9.47 Å². The molecule has 0 aliphatic rings. The van der Waals surface area contributed by atoms with E-state index in [4.69, 9.17) is 14.6 Å². The van der Waals surface area contributed by atoms with E-state index >= 15 is 0 Å². The second-order valence-electron chi connectivity index (χ2n) is 6.90. The zero-order valence-electron chi connectivity index (χ0n) is 16.8. The van der Waals surface area contributed by atoms with E-state index in [1.54, 1.807) is 38.1 Å². The van der Waals surface area contributed by atoms with Crippen LogP contribution in [0.15, 0.2) is 36.4 Å². The number of ether oxygens (including phenoxy) is 2. The fourth-order valence-corrected chi connectivity index (χ4v) is 4.02. The summed E-state index contributed by atoms with van der Waals surface area (Å²) in [7, 11) is 0. The molecule has 0 radical (unpaired) electrons. The molecule has 170 valence electrons. The first kappa shape index (κ1) is 23.5. The van der Waals surface area contributed by atoms with Gasteiger partial charge in [0.05, 0.1) is 5.56 Å². The summed E-state index contributed by atoms with van der Waals surface area (Å²) >= 11 is 1.08. The molecular formula is C22H17F5O4S. The highest BCUT2D eigenvalue weighted by Crippen LogP contribution is 2.38. The SMILES string of the molecule is Cc1cc(OCc2sc(-c3ccc(C(F)(F)F)c(F)c3F)cc2C)ccc1OCC(=O)O. The molecule has 0 unspecified atom stereocenters. The molecule has 1 N–H and O–H groups in total. The molecule has 0 spiro atoms. The van der Waals surface area contributed by atoms with Gasteiger partial charge < -0.3 is 14.6 Å².